The van der Waals surface area contributed by atoms with E-state index >= 15 is 0 Å². The molecule has 114 valence electrons. The van der Waals surface area contributed by atoms with Gasteiger partial charge in [0.2, 0.25) is 0 Å². The number of aromatic nitrogens is 1. The first-order valence-corrected chi connectivity index (χ1v) is 6.94. The molecule has 3 N–H and O–H groups in total. The maximum atomic E-state index is 11.6. The number of carbonyl (C=O) groups excluding carboxylic acids is 1. The van der Waals surface area contributed by atoms with Gasteiger partial charge in [-0.05, 0) is 27.7 Å². The molecule has 5 nitrogen and oxygen atoms in total. The van der Waals surface area contributed by atoms with Crippen LogP contribution in [0.5, 0.6) is 0 Å². The first kappa shape index (κ1) is 17.1. The molecule has 0 bridgehead atoms. The quantitative estimate of drug-likeness (QED) is 0.823. The summed E-state index contributed by atoms with van der Waals surface area (Å²) >= 11 is 6.01. The lowest BCUT2D eigenvalue weighted by Crippen LogP contribution is -2.37. The second-order valence-electron chi connectivity index (χ2n) is 5.64. The van der Waals surface area contributed by atoms with Crippen molar-refractivity contribution < 1.29 is 9.53 Å². The number of nitrogen functional groups attached to an aromatic ring is 1. The summed E-state index contributed by atoms with van der Waals surface area (Å²) in [5, 5.41) is 3.11. The molecule has 1 heterocycles. The van der Waals surface area contributed by atoms with Gasteiger partial charge in [0.25, 0.3) is 0 Å². The molecule has 0 aromatic carbocycles. The summed E-state index contributed by atoms with van der Waals surface area (Å²) in [4.78, 5) is 15.5. The number of halogens is 1. The van der Waals surface area contributed by atoms with Gasteiger partial charge >= 0.3 is 6.09 Å². The lowest BCUT2D eigenvalue weighted by molar-refractivity contribution is 0.0509. The molecule has 1 amide bonds. The Kier molecular flexibility index (Phi) is 5.86. The minimum absolute atomic E-state index is 0.139. The molecule has 0 aliphatic heterocycles. The number of pyridine rings is 1. The van der Waals surface area contributed by atoms with E-state index in [-0.39, 0.29) is 6.04 Å². The minimum Gasteiger partial charge on any atom is -0.444 e. The van der Waals surface area contributed by atoms with E-state index in [4.69, 9.17) is 22.1 Å². The van der Waals surface area contributed by atoms with Crippen LogP contribution in [0.1, 0.15) is 39.7 Å². The van der Waals surface area contributed by atoms with Crippen molar-refractivity contribution >= 4 is 23.4 Å². The first-order valence-electron chi connectivity index (χ1n) is 6.56. The highest BCUT2D eigenvalue weighted by Gasteiger charge is 2.17. The van der Waals surface area contributed by atoms with Crippen LogP contribution in [0.25, 0.3) is 0 Å². The Hall–Kier alpha value is -1.93. The summed E-state index contributed by atoms with van der Waals surface area (Å²) in [5.74, 6) is 5.83. The number of carbonyl (C=O) groups is 1. The molecule has 0 unspecified atom stereocenters. The van der Waals surface area contributed by atoms with Gasteiger partial charge in [0.1, 0.15) is 5.60 Å². The molecule has 1 aromatic heterocycles. The van der Waals surface area contributed by atoms with Crippen molar-refractivity contribution in [3.05, 3.63) is 23.0 Å². The molecule has 0 aliphatic carbocycles. The summed E-state index contributed by atoms with van der Waals surface area (Å²) in [6.45, 7) is 7.28. The number of hydrogen-bond donors (Lipinski definition) is 2. The lowest BCUT2D eigenvalue weighted by atomic mass is 10.2. The third-order valence-corrected chi connectivity index (χ3v) is 2.72. The van der Waals surface area contributed by atoms with Crippen molar-refractivity contribution in [2.75, 3.05) is 5.73 Å². The van der Waals surface area contributed by atoms with Crippen LogP contribution in [0.4, 0.5) is 10.5 Å². The number of anilines is 1. The highest BCUT2D eigenvalue weighted by molar-refractivity contribution is 6.34. The van der Waals surface area contributed by atoms with E-state index in [1.54, 1.807) is 6.20 Å². The number of nitrogens with one attached hydrogen (secondary N) is 1. The molecule has 0 radical (unpaired) electrons. The van der Waals surface area contributed by atoms with Crippen LogP contribution < -0.4 is 11.1 Å². The molecule has 0 fully saturated rings. The van der Waals surface area contributed by atoms with Crippen molar-refractivity contribution in [1.29, 1.82) is 0 Å². The van der Waals surface area contributed by atoms with Gasteiger partial charge in [0.05, 0.1) is 22.5 Å². The van der Waals surface area contributed by atoms with Crippen LogP contribution in [0.2, 0.25) is 5.02 Å². The minimum atomic E-state index is -0.518. The van der Waals surface area contributed by atoms with Gasteiger partial charge in [-0.25, -0.2) is 4.79 Å². The second kappa shape index (κ2) is 7.19. The number of ether oxygens (including phenoxy) is 1. The van der Waals surface area contributed by atoms with Gasteiger partial charge in [-0.1, -0.05) is 23.4 Å². The average Bonchev–Trinajstić information content (AvgIpc) is 2.32. The molecule has 6 heteroatoms. The summed E-state index contributed by atoms with van der Waals surface area (Å²) in [6.07, 6.45) is 3.03. The Bertz CT molecular complexity index is 571. The normalized spacial score (nSPS) is 12.0. The van der Waals surface area contributed by atoms with E-state index in [0.29, 0.717) is 22.7 Å². The molecular weight excluding hydrogens is 290 g/mol. The number of nitrogens with two attached hydrogens (primary N) is 1. The Balaban J connectivity index is 2.54. The molecule has 0 spiro atoms. The number of alkyl carbamates (subject to hydrolysis) is 1. The van der Waals surface area contributed by atoms with Gasteiger partial charge < -0.3 is 15.8 Å². The van der Waals surface area contributed by atoms with Gasteiger partial charge in [-0.3, -0.25) is 4.98 Å². The van der Waals surface area contributed by atoms with Crippen molar-refractivity contribution in [2.45, 2.75) is 45.8 Å². The van der Waals surface area contributed by atoms with Crippen LogP contribution in [0, 0.1) is 11.8 Å². The van der Waals surface area contributed by atoms with Crippen LogP contribution in [0.3, 0.4) is 0 Å². The van der Waals surface area contributed by atoms with Crippen molar-refractivity contribution in [2.24, 2.45) is 0 Å². The third kappa shape index (κ3) is 6.37. The fourth-order valence-corrected chi connectivity index (χ4v) is 1.55. The standard InChI is InChI=1S/C15H20ClN3O2/c1-10(19-14(20)21-15(2,3)4)6-5-7-11-8-18-9-12(17)13(11)16/h8-10H,6,17H2,1-4H3,(H,19,20)/t10-/m0/s1. The average molecular weight is 310 g/mol. The first-order chi connectivity index (χ1) is 9.69. The van der Waals surface area contributed by atoms with Crippen LogP contribution in [-0.4, -0.2) is 22.7 Å². The lowest BCUT2D eigenvalue weighted by Gasteiger charge is -2.21. The second-order valence-corrected chi connectivity index (χ2v) is 6.02. The Morgan fingerprint density at radius 2 is 2.19 bits per heavy atom. The Morgan fingerprint density at radius 1 is 1.52 bits per heavy atom. The number of nitrogens with zero attached hydrogens (tertiary/aromatic N) is 1. The zero-order chi connectivity index (χ0) is 16.0. The molecule has 1 atom stereocenters. The van der Waals surface area contributed by atoms with E-state index < -0.39 is 11.7 Å². The van der Waals surface area contributed by atoms with Crippen molar-refractivity contribution in [3.8, 4) is 11.8 Å². The molecule has 1 aromatic rings. The van der Waals surface area contributed by atoms with E-state index in [9.17, 15) is 4.79 Å². The number of rotatable bonds is 2. The zero-order valence-corrected chi connectivity index (χ0v) is 13.4. The smallest absolute Gasteiger partial charge is 0.407 e. The van der Waals surface area contributed by atoms with Crippen LogP contribution in [-0.2, 0) is 4.74 Å². The monoisotopic (exact) mass is 309 g/mol. The van der Waals surface area contributed by atoms with Gasteiger partial charge in [-0.2, -0.15) is 0 Å². The molecule has 1 rings (SSSR count). The highest BCUT2D eigenvalue weighted by Crippen LogP contribution is 2.20. The number of hydrogen-bond acceptors (Lipinski definition) is 4. The number of amides is 1. The van der Waals surface area contributed by atoms with Crippen LogP contribution in [0.15, 0.2) is 12.4 Å². The molecular formula is C15H20ClN3O2. The molecule has 21 heavy (non-hydrogen) atoms. The summed E-state index contributed by atoms with van der Waals surface area (Å²) in [7, 11) is 0. The predicted molar refractivity (Wildman–Crippen MR) is 84.0 cm³/mol. The van der Waals surface area contributed by atoms with Crippen molar-refractivity contribution in [3.63, 3.8) is 0 Å². The predicted octanol–water partition coefficient (Wildman–Crippen LogP) is 2.97. The fraction of sp³-hybridized carbons (Fsp3) is 0.467. The maximum absolute atomic E-state index is 11.6. The van der Waals surface area contributed by atoms with E-state index in [0.717, 1.165) is 0 Å². The summed E-state index contributed by atoms with van der Waals surface area (Å²) < 4.78 is 5.16. The van der Waals surface area contributed by atoms with E-state index in [2.05, 4.69) is 22.1 Å². The molecule has 0 aliphatic rings. The van der Waals surface area contributed by atoms with Gasteiger partial charge in [0, 0.05) is 18.7 Å². The summed E-state index contributed by atoms with van der Waals surface area (Å²) in [5.41, 5.74) is 6.09. The molecule has 0 saturated carbocycles. The zero-order valence-electron chi connectivity index (χ0n) is 12.7. The SMILES string of the molecule is C[C@@H](CC#Cc1cncc(N)c1Cl)NC(=O)OC(C)(C)C. The maximum Gasteiger partial charge on any atom is 0.407 e. The van der Waals surface area contributed by atoms with E-state index in [1.165, 1.54) is 6.20 Å². The molecule has 0 saturated heterocycles. The van der Waals surface area contributed by atoms with E-state index in [1.807, 2.05) is 27.7 Å². The third-order valence-electron chi connectivity index (χ3n) is 2.30. The Morgan fingerprint density at radius 3 is 2.81 bits per heavy atom. The van der Waals surface area contributed by atoms with Crippen LogP contribution >= 0.6 is 11.6 Å². The summed E-state index contributed by atoms with van der Waals surface area (Å²) in [6, 6.07) is -0.139. The van der Waals surface area contributed by atoms with Gasteiger partial charge in [0.15, 0.2) is 0 Å². The van der Waals surface area contributed by atoms with Crippen molar-refractivity contribution in [1.82, 2.24) is 10.3 Å². The largest absolute Gasteiger partial charge is 0.444 e. The fourth-order valence-electron chi connectivity index (χ4n) is 1.41. The Labute approximate surface area is 130 Å². The highest BCUT2D eigenvalue weighted by atomic mass is 35.5. The van der Waals surface area contributed by atoms with Gasteiger partial charge in [-0.15, -0.1) is 0 Å². The topological polar surface area (TPSA) is 77.2 Å².